The normalized spacial score (nSPS) is 17.5. The van der Waals surface area contributed by atoms with Crippen molar-refractivity contribution in [1.29, 1.82) is 0 Å². The molecule has 7 heteroatoms. The Kier molecular flexibility index (Phi) is 6.73. The number of carbonyl (C=O) groups is 1. The molecule has 1 heterocycles. The molecule has 1 aliphatic heterocycles. The fourth-order valence-corrected chi connectivity index (χ4v) is 2.42. The average molecular weight is 328 g/mol. The Hall–Kier alpha value is -1.73. The first-order chi connectivity index (χ1) is 11.0. The van der Waals surface area contributed by atoms with Crippen LogP contribution in [0, 0.1) is 0 Å². The molecule has 0 aliphatic carbocycles. The summed E-state index contributed by atoms with van der Waals surface area (Å²) in [6.45, 7) is -0.691. The van der Waals surface area contributed by atoms with Gasteiger partial charge in [0.05, 0.1) is 12.6 Å². The lowest BCUT2D eigenvalue weighted by atomic mass is 10.2. The summed E-state index contributed by atoms with van der Waals surface area (Å²) in [5, 5.41) is 3.10. The van der Waals surface area contributed by atoms with Crippen molar-refractivity contribution in [3.8, 4) is 5.75 Å². The molecular formula is C16H22F2N2O3. The van der Waals surface area contributed by atoms with E-state index in [4.69, 9.17) is 4.74 Å². The molecule has 1 amide bonds. The standard InChI is InChI=1S/C16H22F2N2O3/c1-20(15(21)10-19-9-14-3-2-8-22-14)11-12-4-6-13(7-5-12)23-16(17)18/h4-7,14,16,19H,2-3,8-11H2,1H3. The molecule has 128 valence electrons. The molecule has 1 aromatic carbocycles. The Morgan fingerprint density at radius 1 is 1.43 bits per heavy atom. The first-order valence-corrected chi connectivity index (χ1v) is 7.64. The smallest absolute Gasteiger partial charge is 0.387 e. The van der Waals surface area contributed by atoms with E-state index in [-0.39, 0.29) is 24.3 Å². The minimum Gasteiger partial charge on any atom is -0.435 e. The van der Waals surface area contributed by atoms with Crippen LogP contribution in [0.5, 0.6) is 5.75 Å². The highest BCUT2D eigenvalue weighted by Gasteiger charge is 2.16. The molecule has 1 N–H and O–H groups in total. The van der Waals surface area contributed by atoms with Crippen LogP contribution >= 0.6 is 0 Å². The Bertz CT molecular complexity index is 491. The lowest BCUT2D eigenvalue weighted by molar-refractivity contribution is -0.129. The number of hydrogen-bond acceptors (Lipinski definition) is 4. The lowest BCUT2D eigenvalue weighted by Gasteiger charge is -2.18. The zero-order chi connectivity index (χ0) is 16.7. The maximum Gasteiger partial charge on any atom is 0.387 e. The van der Waals surface area contributed by atoms with Crippen LogP contribution in [0.4, 0.5) is 8.78 Å². The summed E-state index contributed by atoms with van der Waals surface area (Å²) in [7, 11) is 1.71. The molecule has 23 heavy (non-hydrogen) atoms. The van der Waals surface area contributed by atoms with Crippen molar-refractivity contribution >= 4 is 5.91 Å². The van der Waals surface area contributed by atoms with E-state index in [1.165, 1.54) is 12.1 Å². The van der Waals surface area contributed by atoms with Crippen molar-refractivity contribution in [2.75, 3.05) is 26.7 Å². The summed E-state index contributed by atoms with van der Waals surface area (Å²) >= 11 is 0. The quantitative estimate of drug-likeness (QED) is 0.793. The largest absolute Gasteiger partial charge is 0.435 e. The second kappa shape index (κ2) is 8.79. The van der Waals surface area contributed by atoms with Gasteiger partial charge in [-0.2, -0.15) is 8.78 Å². The van der Waals surface area contributed by atoms with Gasteiger partial charge in [0, 0.05) is 26.7 Å². The molecule has 0 radical (unpaired) electrons. The van der Waals surface area contributed by atoms with E-state index in [1.54, 1.807) is 24.1 Å². The van der Waals surface area contributed by atoms with E-state index in [1.807, 2.05) is 0 Å². The number of rotatable bonds is 8. The molecule has 1 fully saturated rings. The number of alkyl halides is 2. The van der Waals surface area contributed by atoms with Crippen molar-refractivity contribution in [2.24, 2.45) is 0 Å². The Balaban J connectivity index is 1.71. The molecule has 2 rings (SSSR count). The Labute approximate surface area is 134 Å². The highest BCUT2D eigenvalue weighted by atomic mass is 19.3. The third-order valence-corrected chi connectivity index (χ3v) is 3.67. The zero-order valence-corrected chi connectivity index (χ0v) is 13.1. The number of carbonyl (C=O) groups excluding carboxylic acids is 1. The van der Waals surface area contributed by atoms with Crippen molar-refractivity contribution in [3.63, 3.8) is 0 Å². The third-order valence-electron chi connectivity index (χ3n) is 3.67. The lowest BCUT2D eigenvalue weighted by Crippen LogP contribution is -2.38. The summed E-state index contributed by atoms with van der Waals surface area (Å²) in [6.07, 6.45) is 2.31. The van der Waals surface area contributed by atoms with E-state index in [0.717, 1.165) is 25.0 Å². The highest BCUT2D eigenvalue weighted by molar-refractivity contribution is 5.77. The Morgan fingerprint density at radius 2 is 2.17 bits per heavy atom. The first kappa shape index (κ1) is 17.6. The van der Waals surface area contributed by atoms with Gasteiger partial charge in [0.25, 0.3) is 0 Å². The summed E-state index contributed by atoms with van der Waals surface area (Å²) in [4.78, 5) is 13.6. The summed E-state index contributed by atoms with van der Waals surface area (Å²) < 4.78 is 33.9. The topological polar surface area (TPSA) is 50.8 Å². The molecule has 1 atom stereocenters. The van der Waals surface area contributed by atoms with E-state index in [2.05, 4.69) is 10.1 Å². The van der Waals surface area contributed by atoms with E-state index in [0.29, 0.717) is 13.1 Å². The molecule has 1 aliphatic rings. The van der Waals surface area contributed by atoms with Gasteiger partial charge in [0.1, 0.15) is 5.75 Å². The molecule has 1 saturated heterocycles. The molecule has 0 spiro atoms. The number of amides is 1. The highest BCUT2D eigenvalue weighted by Crippen LogP contribution is 2.15. The number of hydrogen-bond donors (Lipinski definition) is 1. The number of halogens is 2. The van der Waals surface area contributed by atoms with Gasteiger partial charge in [-0.15, -0.1) is 0 Å². The van der Waals surface area contributed by atoms with Crippen LogP contribution in [-0.4, -0.2) is 50.3 Å². The van der Waals surface area contributed by atoms with E-state index in [9.17, 15) is 13.6 Å². The summed E-state index contributed by atoms with van der Waals surface area (Å²) in [5.41, 5.74) is 0.849. The number of likely N-dealkylation sites (N-methyl/N-ethyl adjacent to an activating group) is 1. The number of benzene rings is 1. The second-order valence-electron chi connectivity index (χ2n) is 5.54. The minimum absolute atomic E-state index is 0.0316. The van der Waals surface area contributed by atoms with Gasteiger partial charge in [-0.3, -0.25) is 4.79 Å². The second-order valence-corrected chi connectivity index (χ2v) is 5.54. The van der Waals surface area contributed by atoms with Gasteiger partial charge in [0.15, 0.2) is 0 Å². The molecule has 0 saturated carbocycles. The molecule has 1 aromatic rings. The van der Waals surface area contributed by atoms with Gasteiger partial charge >= 0.3 is 6.61 Å². The summed E-state index contributed by atoms with van der Waals surface area (Å²) in [5.74, 6) is 0.0758. The van der Waals surface area contributed by atoms with Crippen LogP contribution in [0.15, 0.2) is 24.3 Å². The van der Waals surface area contributed by atoms with Gasteiger partial charge in [0.2, 0.25) is 5.91 Å². The SMILES string of the molecule is CN(Cc1ccc(OC(F)F)cc1)C(=O)CNCC1CCCO1. The number of ether oxygens (including phenoxy) is 2. The van der Waals surface area contributed by atoms with Crippen LogP contribution in [-0.2, 0) is 16.1 Å². The molecule has 5 nitrogen and oxygen atoms in total. The van der Waals surface area contributed by atoms with Crippen molar-refractivity contribution in [2.45, 2.75) is 32.1 Å². The van der Waals surface area contributed by atoms with Gasteiger partial charge in [-0.05, 0) is 30.5 Å². The van der Waals surface area contributed by atoms with Crippen molar-refractivity contribution in [1.82, 2.24) is 10.2 Å². The van der Waals surface area contributed by atoms with Crippen LogP contribution in [0.2, 0.25) is 0 Å². The summed E-state index contributed by atoms with van der Waals surface area (Å²) in [6, 6.07) is 6.27. The monoisotopic (exact) mass is 328 g/mol. The predicted octanol–water partition coefficient (Wildman–Crippen LogP) is 2.01. The van der Waals surface area contributed by atoms with Crippen LogP contribution < -0.4 is 10.1 Å². The van der Waals surface area contributed by atoms with Crippen molar-refractivity contribution < 1.29 is 23.0 Å². The minimum atomic E-state index is -2.83. The molecular weight excluding hydrogens is 306 g/mol. The fraction of sp³-hybridized carbons (Fsp3) is 0.562. The van der Waals surface area contributed by atoms with E-state index < -0.39 is 6.61 Å². The Morgan fingerprint density at radius 3 is 2.78 bits per heavy atom. The number of nitrogens with zero attached hydrogens (tertiary/aromatic N) is 1. The van der Waals surface area contributed by atoms with Gasteiger partial charge in [-0.1, -0.05) is 12.1 Å². The van der Waals surface area contributed by atoms with Gasteiger partial charge in [-0.25, -0.2) is 0 Å². The third kappa shape index (κ3) is 6.11. The fourth-order valence-electron chi connectivity index (χ4n) is 2.42. The average Bonchev–Trinajstić information content (AvgIpc) is 3.02. The molecule has 0 aromatic heterocycles. The first-order valence-electron chi connectivity index (χ1n) is 7.64. The van der Waals surface area contributed by atoms with Crippen molar-refractivity contribution in [3.05, 3.63) is 29.8 Å². The predicted molar refractivity (Wildman–Crippen MR) is 81.4 cm³/mol. The number of nitrogens with one attached hydrogen (secondary N) is 1. The van der Waals surface area contributed by atoms with Crippen LogP contribution in [0.3, 0.4) is 0 Å². The van der Waals surface area contributed by atoms with Crippen LogP contribution in [0.25, 0.3) is 0 Å². The maximum absolute atomic E-state index is 12.1. The molecule has 1 unspecified atom stereocenters. The zero-order valence-electron chi connectivity index (χ0n) is 13.1. The van der Waals surface area contributed by atoms with E-state index >= 15 is 0 Å². The van der Waals surface area contributed by atoms with Crippen LogP contribution in [0.1, 0.15) is 18.4 Å². The van der Waals surface area contributed by atoms with Gasteiger partial charge < -0.3 is 19.7 Å². The molecule has 0 bridgehead atoms. The maximum atomic E-state index is 12.1.